The molecule has 10 heteroatoms. The lowest BCUT2D eigenvalue weighted by Gasteiger charge is -2.11. The molecule has 1 saturated carbocycles. The third-order valence-electron chi connectivity index (χ3n) is 4.30. The molecule has 0 unspecified atom stereocenters. The van der Waals surface area contributed by atoms with Gasteiger partial charge < -0.3 is 4.74 Å². The summed E-state index contributed by atoms with van der Waals surface area (Å²) < 4.78 is 46.1. The van der Waals surface area contributed by atoms with Gasteiger partial charge in [0.05, 0.1) is 20.7 Å². The van der Waals surface area contributed by atoms with Crippen LogP contribution in [0.15, 0.2) is 14.3 Å². The molecule has 0 amide bonds. The number of esters is 1. The Hall–Kier alpha value is -1.05. The topological polar surface area (TPSA) is 48.3 Å². The van der Waals surface area contributed by atoms with Crippen LogP contribution < -0.4 is 4.87 Å². The van der Waals surface area contributed by atoms with Crippen molar-refractivity contribution in [2.75, 3.05) is 0 Å². The van der Waals surface area contributed by atoms with E-state index >= 15 is 0 Å². The predicted octanol–water partition coefficient (Wildman–Crippen LogP) is 4.51. The molecule has 1 fully saturated rings. The van der Waals surface area contributed by atoms with Crippen LogP contribution in [-0.2, 0) is 28.9 Å². The van der Waals surface area contributed by atoms with E-state index in [2.05, 4.69) is 31.9 Å². The zero-order chi connectivity index (χ0) is 19.9. The molecule has 142 valence electrons. The highest BCUT2D eigenvalue weighted by atomic mass is 79.9. The molecule has 1 aromatic rings. The lowest BCUT2D eigenvalue weighted by Crippen LogP contribution is -2.22. The van der Waals surface area contributed by atoms with Gasteiger partial charge in [0.25, 0.3) is 0 Å². The molecule has 1 aliphatic rings. The number of nitrogens with zero attached hydrogens (tertiary/aromatic N) is 1. The van der Waals surface area contributed by atoms with Gasteiger partial charge in [0.15, 0.2) is 0 Å². The molecule has 4 nitrogen and oxygen atoms in total. The van der Waals surface area contributed by atoms with Crippen molar-refractivity contribution in [2.45, 2.75) is 33.2 Å². The molecular formula is C16H14Br2F3NO3S. The van der Waals surface area contributed by atoms with Crippen molar-refractivity contribution in [1.29, 1.82) is 0 Å². The summed E-state index contributed by atoms with van der Waals surface area (Å²) in [5, 5.41) is 0. The quantitative estimate of drug-likeness (QED) is 0.427. The van der Waals surface area contributed by atoms with Crippen LogP contribution in [-0.4, -0.2) is 10.5 Å². The highest BCUT2D eigenvalue weighted by Gasteiger charge is 2.61. The van der Waals surface area contributed by atoms with Crippen LogP contribution in [0.3, 0.4) is 0 Å². The number of hydrogen-bond acceptors (Lipinski definition) is 4. The molecule has 1 heterocycles. The van der Waals surface area contributed by atoms with Crippen molar-refractivity contribution in [3.05, 3.63) is 29.7 Å². The minimum absolute atomic E-state index is 0.101. The van der Waals surface area contributed by atoms with E-state index in [0.717, 1.165) is 0 Å². The number of halogens is 5. The second kappa shape index (κ2) is 7.52. The predicted molar refractivity (Wildman–Crippen MR) is 98.9 cm³/mol. The summed E-state index contributed by atoms with van der Waals surface area (Å²) in [7, 11) is 0. The summed E-state index contributed by atoms with van der Waals surface area (Å²) in [6.45, 7) is 2.61. The number of thiazole rings is 1. The number of carbonyl (C=O) groups excluding carboxylic acids is 1. The number of rotatable bonds is 5. The van der Waals surface area contributed by atoms with E-state index in [1.807, 2.05) is 19.8 Å². The standard InChI is InChI=1S/C16H14Br2F3NO3S/c1-4-5-22-12(16(19,20)21)9(26-14(22)24)7-25-13(23)11-8(6-10(17)18)15(11,2)3/h1,6,8,11H,5,7H2,2-3H3/t8-,11-/m0/s1. The average Bonchev–Trinajstić information content (AvgIpc) is 2.84. The van der Waals surface area contributed by atoms with Gasteiger partial charge in [-0.05, 0) is 43.2 Å². The number of aromatic nitrogens is 1. The van der Waals surface area contributed by atoms with Crippen LogP contribution in [0.4, 0.5) is 13.2 Å². The summed E-state index contributed by atoms with van der Waals surface area (Å²) in [5.41, 5.74) is -1.52. The van der Waals surface area contributed by atoms with E-state index < -0.39 is 41.8 Å². The van der Waals surface area contributed by atoms with Gasteiger partial charge in [0.2, 0.25) is 0 Å². The normalized spacial score (nSPS) is 21.0. The number of allylic oxidation sites excluding steroid dienone is 1. The van der Waals surface area contributed by atoms with Crippen molar-refractivity contribution in [2.24, 2.45) is 17.3 Å². The van der Waals surface area contributed by atoms with Gasteiger partial charge in [0.1, 0.15) is 12.3 Å². The Morgan fingerprint density at radius 3 is 2.58 bits per heavy atom. The van der Waals surface area contributed by atoms with Crippen molar-refractivity contribution < 1.29 is 22.7 Å². The molecule has 1 aliphatic carbocycles. The molecule has 0 saturated heterocycles. The molecule has 0 spiro atoms. The first-order valence-corrected chi connectivity index (χ1v) is 9.74. The van der Waals surface area contributed by atoms with Gasteiger partial charge in [-0.2, -0.15) is 13.2 Å². The van der Waals surface area contributed by atoms with Crippen molar-refractivity contribution in [3.8, 4) is 12.3 Å². The lowest BCUT2D eigenvalue weighted by atomic mass is 10.1. The van der Waals surface area contributed by atoms with Crippen molar-refractivity contribution >= 4 is 49.2 Å². The van der Waals surface area contributed by atoms with E-state index in [1.54, 1.807) is 6.08 Å². The lowest BCUT2D eigenvalue weighted by molar-refractivity contribution is -0.151. The van der Waals surface area contributed by atoms with Crippen LogP contribution in [0.2, 0.25) is 0 Å². The smallest absolute Gasteiger partial charge is 0.432 e. The number of ether oxygens (including phenoxy) is 1. The van der Waals surface area contributed by atoms with E-state index in [0.29, 0.717) is 19.3 Å². The Morgan fingerprint density at radius 1 is 1.46 bits per heavy atom. The van der Waals surface area contributed by atoms with Gasteiger partial charge in [0, 0.05) is 0 Å². The molecule has 0 bridgehead atoms. The largest absolute Gasteiger partial charge is 0.460 e. The molecule has 0 radical (unpaired) electrons. The first-order chi connectivity index (χ1) is 11.9. The van der Waals surface area contributed by atoms with Gasteiger partial charge >= 0.3 is 17.0 Å². The Kier molecular flexibility index (Phi) is 6.15. The van der Waals surface area contributed by atoms with E-state index in [9.17, 15) is 22.8 Å². The van der Waals surface area contributed by atoms with Gasteiger partial charge in [-0.25, -0.2) is 0 Å². The van der Waals surface area contributed by atoms with Crippen LogP contribution in [0, 0.1) is 29.6 Å². The maximum atomic E-state index is 13.3. The summed E-state index contributed by atoms with van der Waals surface area (Å²) in [5.74, 6) is 0.856. The molecule has 0 aromatic carbocycles. The van der Waals surface area contributed by atoms with Crippen molar-refractivity contribution in [3.63, 3.8) is 0 Å². The third kappa shape index (κ3) is 4.26. The molecule has 0 N–H and O–H groups in total. The van der Waals surface area contributed by atoms with Crippen molar-refractivity contribution in [1.82, 2.24) is 4.57 Å². The monoisotopic (exact) mass is 515 g/mol. The zero-order valence-electron chi connectivity index (χ0n) is 13.7. The maximum absolute atomic E-state index is 13.3. The molecule has 1 aromatic heterocycles. The van der Waals surface area contributed by atoms with Gasteiger partial charge in [-0.15, -0.1) is 6.42 Å². The number of terminal acetylenes is 1. The van der Waals surface area contributed by atoms with Crippen LogP contribution in [0.1, 0.15) is 24.4 Å². The minimum Gasteiger partial charge on any atom is -0.460 e. The molecule has 2 rings (SSSR count). The van der Waals surface area contributed by atoms with Gasteiger partial charge in [-0.3, -0.25) is 14.2 Å². The first kappa shape index (κ1) is 21.3. The Balaban J connectivity index is 2.20. The fourth-order valence-electron chi connectivity index (χ4n) is 2.90. The highest BCUT2D eigenvalue weighted by molar-refractivity contribution is 9.28. The number of alkyl halides is 3. The Bertz CT molecular complexity index is 844. The molecule has 0 aliphatic heterocycles. The molecule has 26 heavy (non-hydrogen) atoms. The summed E-state index contributed by atoms with van der Waals surface area (Å²) in [6, 6.07) is 0. The number of hydrogen-bond donors (Lipinski definition) is 0. The Labute approximate surface area is 168 Å². The fourth-order valence-corrected chi connectivity index (χ4v) is 4.38. The van der Waals surface area contributed by atoms with E-state index in [4.69, 9.17) is 11.2 Å². The highest BCUT2D eigenvalue weighted by Crippen LogP contribution is 2.60. The summed E-state index contributed by atoms with van der Waals surface area (Å²) >= 11 is 6.83. The SMILES string of the molecule is C#CCn1c(C(F)(F)F)c(COC(=O)[C@@H]2[C@H](C=C(Br)Br)C2(C)C)sc1=O. The van der Waals surface area contributed by atoms with E-state index in [-0.39, 0.29) is 16.2 Å². The van der Waals surface area contributed by atoms with E-state index in [1.165, 1.54) is 0 Å². The zero-order valence-corrected chi connectivity index (χ0v) is 17.7. The van der Waals surface area contributed by atoms with Crippen LogP contribution in [0.5, 0.6) is 0 Å². The molecule has 2 atom stereocenters. The second-order valence-corrected chi connectivity index (χ2v) is 10.1. The second-order valence-electron chi connectivity index (χ2n) is 6.32. The fraction of sp³-hybridized carbons (Fsp3) is 0.500. The minimum atomic E-state index is -4.78. The van der Waals surface area contributed by atoms with Gasteiger partial charge in [-0.1, -0.05) is 37.2 Å². The summed E-state index contributed by atoms with van der Waals surface area (Å²) in [6.07, 6.45) is 2.06. The third-order valence-corrected chi connectivity index (χ3v) is 5.78. The summed E-state index contributed by atoms with van der Waals surface area (Å²) in [4.78, 5) is 22.9. The Morgan fingerprint density at radius 2 is 2.08 bits per heavy atom. The molecular weight excluding hydrogens is 503 g/mol. The number of carbonyl (C=O) groups is 1. The van der Waals surface area contributed by atoms with Crippen LogP contribution in [0.25, 0.3) is 0 Å². The average molecular weight is 517 g/mol. The first-order valence-electron chi connectivity index (χ1n) is 7.33. The maximum Gasteiger partial charge on any atom is 0.432 e. The van der Waals surface area contributed by atoms with Crippen LogP contribution >= 0.6 is 43.2 Å².